The summed E-state index contributed by atoms with van der Waals surface area (Å²) in [6, 6.07) is 0. The minimum Gasteiger partial charge on any atom is -0.481 e. The molecule has 1 aliphatic rings. The zero-order valence-electron chi connectivity index (χ0n) is 8.83. The molecular formula is C11H19NO2. The van der Waals surface area contributed by atoms with Crippen LogP contribution >= 0.6 is 0 Å². The van der Waals surface area contributed by atoms with E-state index in [1.165, 1.54) is 5.57 Å². The van der Waals surface area contributed by atoms with Gasteiger partial charge in [-0.15, -0.1) is 6.58 Å². The van der Waals surface area contributed by atoms with Crippen molar-refractivity contribution in [3.63, 3.8) is 0 Å². The summed E-state index contributed by atoms with van der Waals surface area (Å²) in [5.41, 5.74) is 1.17. The molecule has 0 saturated carbocycles. The van der Waals surface area contributed by atoms with Crippen molar-refractivity contribution >= 4 is 5.97 Å². The number of likely N-dealkylation sites (tertiary alicyclic amines) is 1. The number of hydrogen-bond acceptors (Lipinski definition) is 2. The molecule has 0 aliphatic carbocycles. The molecule has 0 aromatic heterocycles. The van der Waals surface area contributed by atoms with E-state index in [0.717, 1.165) is 32.4 Å². The highest BCUT2D eigenvalue weighted by Crippen LogP contribution is 2.17. The lowest BCUT2D eigenvalue weighted by Gasteiger charge is -2.30. The number of aliphatic carboxylic acids is 1. The Hall–Kier alpha value is -0.830. The molecule has 14 heavy (non-hydrogen) atoms. The van der Waals surface area contributed by atoms with Crippen molar-refractivity contribution in [3.05, 3.63) is 12.2 Å². The molecule has 1 fully saturated rings. The minimum atomic E-state index is -0.648. The van der Waals surface area contributed by atoms with E-state index >= 15 is 0 Å². The van der Waals surface area contributed by atoms with Gasteiger partial charge < -0.3 is 10.0 Å². The van der Waals surface area contributed by atoms with Gasteiger partial charge in [-0.1, -0.05) is 5.57 Å². The van der Waals surface area contributed by atoms with Crippen molar-refractivity contribution in [2.24, 2.45) is 5.92 Å². The van der Waals surface area contributed by atoms with E-state index in [1.807, 2.05) is 6.92 Å². The van der Waals surface area contributed by atoms with Crippen LogP contribution in [-0.4, -0.2) is 35.6 Å². The Kier molecular flexibility index (Phi) is 4.14. The molecule has 3 nitrogen and oxygen atoms in total. The van der Waals surface area contributed by atoms with Gasteiger partial charge in [-0.3, -0.25) is 4.79 Å². The molecular weight excluding hydrogens is 178 g/mol. The Bertz CT molecular complexity index is 225. The molecule has 1 heterocycles. The number of carboxylic acids is 1. The fourth-order valence-electron chi connectivity index (χ4n) is 1.81. The number of carbonyl (C=O) groups is 1. The van der Waals surface area contributed by atoms with Gasteiger partial charge in [0.15, 0.2) is 0 Å². The van der Waals surface area contributed by atoms with Crippen molar-refractivity contribution in [2.75, 3.05) is 19.6 Å². The molecule has 1 aliphatic heterocycles. The highest BCUT2D eigenvalue weighted by molar-refractivity contribution is 5.70. The second kappa shape index (κ2) is 5.15. The summed E-state index contributed by atoms with van der Waals surface area (Å²) in [7, 11) is 0. The van der Waals surface area contributed by atoms with Crippen LogP contribution in [-0.2, 0) is 4.79 Å². The monoisotopic (exact) mass is 197 g/mol. The molecule has 1 unspecified atom stereocenters. The van der Waals surface area contributed by atoms with Crippen LogP contribution < -0.4 is 0 Å². The van der Waals surface area contributed by atoms with Crippen LogP contribution in [0, 0.1) is 5.92 Å². The summed E-state index contributed by atoms with van der Waals surface area (Å²) in [5.74, 6) is -0.807. The van der Waals surface area contributed by atoms with Gasteiger partial charge in [0.05, 0.1) is 5.92 Å². The Balaban J connectivity index is 2.32. The quantitative estimate of drug-likeness (QED) is 0.698. The van der Waals surface area contributed by atoms with E-state index < -0.39 is 5.97 Å². The Labute approximate surface area is 85.4 Å². The van der Waals surface area contributed by atoms with Gasteiger partial charge in [0.25, 0.3) is 0 Å². The van der Waals surface area contributed by atoms with Crippen molar-refractivity contribution in [1.29, 1.82) is 0 Å². The first-order chi connectivity index (χ1) is 6.59. The molecule has 1 atom stereocenters. The molecule has 0 aromatic carbocycles. The summed E-state index contributed by atoms with van der Waals surface area (Å²) < 4.78 is 0. The predicted octanol–water partition coefficient (Wildman–Crippen LogP) is 1.75. The van der Waals surface area contributed by atoms with Crippen LogP contribution in [0.3, 0.4) is 0 Å². The Morgan fingerprint density at radius 2 is 2.36 bits per heavy atom. The van der Waals surface area contributed by atoms with Crippen LogP contribution in [0.2, 0.25) is 0 Å². The van der Waals surface area contributed by atoms with E-state index in [0.29, 0.717) is 6.54 Å². The molecule has 1 saturated heterocycles. The fraction of sp³-hybridized carbons (Fsp3) is 0.727. The van der Waals surface area contributed by atoms with Crippen LogP contribution in [0.25, 0.3) is 0 Å². The summed E-state index contributed by atoms with van der Waals surface area (Å²) in [5, 5.41) is 8.89. The maximum absolute atomic E-state index is 10.8. The third kappa shape index (κ3) is 3.50. The molecule has 0 amide bonds. The van der Waals surface area contributed by atoms with Gasteiger partial charge in [-0.2, -0.15) is 0 Å². The standard InChI is InChI=1S/C11H19NO2/c1-9(2)5-7-12-6-3-4-10(8-12)11(13)14/h10H,1,3-8H2,2H3,(H,13,14). The molecule has 80 valence electrons. The van der Waals surface area contributed by atoms with Crippen molar-refractivity contribution in [1.82, 2.24) is 4.90 Å². The van der Waals surface area contributed by atoms with E-state index in [9.17, 15) is 4.79 Å². The molecule has 0 spiro atoms. The minimum absolute atomic E-state index is 0.158. The molecule has 0 aromatic rings. The fourth-order valence-corrected chi connectivity index (χ4v) is 1.81. The second-order valence-corrected chi connectivity index (χ2v) is 4.19. The average molecular weight is 197 g/mol. The average Bonchev–Trinajstić information content (AvgIpc) is 2.15. The number of piperidine rings is 1. The lowest BCUT2D eigenvalue weighted by atomic mass is 9.98. The Morgan fingerprint density at radius 3 is 2.93 bits per heavy atom. The summed E-state index contributed by atoms with van der Waals surface area (Å²) in [6.07, 6.45) is 2.82. The van der Waals surface area contributed by atoms with E-state index in [2.05, 4.69) is 11.5 Å². The topological polar surface area (TPSA) is 40.5 Å². The van der Waals surface area contributed by atoms with Gasteiger partial charge >= 0.3 is 5.97 Å². The van der Waals surface area contributed by atoms with Crippen LogP contribution in [0.1, 0.15) is 26.2 Å². The lowest BCUT2D eigenvalue weighted by molar-refractivity contribution is -0.143. The highest BCUT2D eigenvalue weighted by Gasteiger charge is 2.24. The maximum atomic E-state index is 10.8. The first-order valence-corrected chi connectivity index (χ1v) is 5.19. The summed E-state index contributed by atoms with van der Waals surface area (Å²) in [4.78, 5) is 13.0. The summed E-state index contributed by atoms with van der Waals surface area (Å²) in [6.45, 7) is 8.57. The number of hydrogen-bond donors (Lipinski definition) is 1. The van der Waals surface area contributed by atoms with Crippen LogP contribution in [0.5, 0.6) is 0 Å². The zero-order valence-corrected chi connectivity index (χ0v) is 8.83. The van der Waals surface area contributed by atoms with Gasteiger partial charge in [0, 0.05) is 13.1 Å². The Morgan fingerprint density at radius 1 is 1.64 bits per heavy atom. The van der Waals surface area contributed by atoms with Crippen molar-refractivity contribution < 1.29 is 9.90 Å². The SMILES string of the molecule is C=C(C)CCN1CCCC(C(=O)O)C1. The third-order valence-corrected chi connectivity index (χ3v) is 2.71. The predicted molar refractivity (Wildman–Crippen MR) is 56.2 cm³/mol. The number of rotatable bonds is 4. The number of carboxylic acid groups (broad SMARTS) is 1. The van der Waals surface area contributed by atoms with E-state index in [1.54, 1.807) is 0 Å². The summed E-state index contributed by atoms with van der Waals surface area (Å²) >= 11 is 0. The molecule has 3 heteroatoms. The first kappa shape index (κ1) is 11.2. The smallest absolute Gasteiger partial charge is 0.307 e. The number of nitrogens with zero attached hydrogens (tertiary/aromatic N) is 1. The molecule has 1 rings (SSSR count). The van der Waals surface area contributed by atoms with Gasteiger partial charge in [0.2, 0.25) is 0 Å². The third-order valence-electron chi connectivity index (χ3n) is 2.71. The molecule has 1 N–H and O–H groups in total. The molecule has 0 radical (unpaired) electrons. The zero-order chi connectivity index (χ0) is 10.6. The van der Waals surface area contributed by atoms with Crippen LogP contribution in [0.15, 0.2) is 12.2 Å². The lowest BCUT2D eigenvalue weighted by Crippen LogP contribution is -2.39. The normalized spacial score (nSPS) is 23.4. The largest absolute Gasteiger partial charge is 0.481 e. The van der Waals surface area contributed by atoms with Crippen LogP contribution in [0.4, 0.5) is 0 Å². The highest BCUT2D eigenvalue weighted by atomic mass is 16.4. The van der Waals surface area contributed by atoms with Gasteiger partial charge in [0.1, 0.15) is 0 Å². The first-order valence-electron chi connectivity index (χ1n) is 5.19. The maximum Gasteiger partial charge on any atom is 0.307 e. The van der Waals surface area contributed by atoms with Crippen molar-refractivity contribution in [2.45, 2.75) is 26.2 Å². The van der Waals surface area contributed by atoms with Crippen molar-refractivity contribution in [3.8, 4) is 0 Å². The van der Waals surface area contributed by atoms with E-state index in [4.69, 9.17) is 5.11 Å². The second-order valence-electron chi connectivity index (χ2n) is 4.19. The molecule has 0 bridgehead atoms. The van der Waals surface area contributed by atoms with Gasteiger partial charge in [-0.05, 0) is 32.7 Å². The van der Waals surface area contributed by atoms with E-state index in [-0.39, 0.29) is 5.92 Å². The van der Waals surface area contributed by atoms with Gasteiger partial charge in [-0.25, -0.2) is 0 Å².